The molecule has 1 atom stereocenters. The summed E-state index contributed by atoms with van der Waals surface area (Å²) in [7, 11) is 0. The Labute approximate surface area is 123 Å². The van der Waals surface area contributed by atoms with Crippen molar-refractivity contribution >= 4 is 28.9 Å². The van der Waals surface area contributed by atoms with Gasteiger partial charge in [0.25, 0.3) is 0 Å². The summed E-state index contributed by atoms with van der Waals surface area (Å²) in [6.45, 7) is 1.65. The van der Waals surface area contributed by atoms with Gasteiger partial charge in [-0.15, -0.1) is 11.6 Å². The number of hydrogen-bond donors (Lipinski definition) is 2. The molecule has 20 heavy (non-hydrogen) atoms. The molecule has 2 aromatic rings. The Morgan fingerprint density at radius 1 is 1.10 bits per heavy atom. The molecule has 0 saturated carbocycles. The molecule has 0 fully saturated rings. The van der Waals surface area contributed by atoms with E-state index in [0.717, 1.165) is 17.8 Å². The average Bonchev–Trinajstić information content (AvgIpc) is 2.43. The smallest absolute Gasteiger partial charge is 0.242 e. The van der Waals surface area contributed by atoms with Gasteiger partial charge in [0, 0.05) is 11.4 Å². The first-order chi connectivity index (χ1) is 9.54. The summed E-state index contributed by atoms with van der Waals surface area (Å²) in [6.07, 6.45) is 0.834. The zero-order valence-electron chi connectivity index (χ0n) is 11.3. The lowest BCUT2D eigenvalue weighted by Crippen LogP contribution is -2.20. The molecule has 3 N–H and O–H groups in total. The number of nitrogen functional groups attached to an aromatic ring is 1. The first kappa shape index (κ1) is 14.4. The van der Waals surface area contributed by atoms with Gasteiger partial charge in [-0.3, -0.25) is 4.79 Å². The van der Waals surface area contributed by atoms with Gasteiger partial charge in [-0.2, -0.15) is 0 Å². The monoisotopic (exact) mass is 288 g/mol. The fraction of sp³-hybridized carbons (Fsp3) is 0.188. The van der Waals surface area contributed by atoms with E-state index >= 15 is 0 Å². The largest absolute Gasteiger partial charge is 0.399 e. The molecule has 2 aromatic carbocycles. The van der Waals surface area contributed by atoms with E-state index in [9.17, 15) is 4.79 Å². The molecule has 0 bridgehead atoms. The van der Waals surface area contributed by atoms with Crippen LogP contribution in [0.2, 0.25) is 0 Å². The molecule has 4 heteroatoms. The molecule has 2 rings (SSSR count). The lowest BCUT2D eigenvalue weighted by atomic mass is 10.0. The first-order valence-corrected chi connectivity index (χ1v) is 6.86. The van der Waals surface area contributed by atoms with E-state index in [0.29, 0.717) is 0 Å². The van der Waals surface area contributed by atoms with Gasteiger partial charge in [0.15, 0.2) is 0 Å². The summed E-state index contributed by atoms with van der Waals surface area (Å²) in [4.78, 5) is 11.5. The molecule has 0 spiro atoms. The van der Waals surface area contributed by atoms with Crippen molar-refractivity contribution in [2.45, 2.75) is 18.7 Å². The van der Waals surface area contributed by atoms with Crippen LogP contribution < -0.4 is 11.1 Å². The van der Waals surface area contributed by atoms with E-state index < -0.39 is 5.38 Å². The summed E-state index contributed by atoms with van der Waals surface area (Å²) in [5, 5.41) is 2.21. The first-order valence-electron chi connectivity index (χ1n) is 6.43. The van der Waals surface area contributed by atoms with E-state index in [2.05, 4.69) is 5.32 Å². The minimum absolute atomic E-state index is 0.196. The minimum atomic E-state index is -0.538. The molecule has 3 nitrogen and oxygen atoms in total. The van der Waals surface area contributed by atoms with E-state index in [-0.39, 0.29) is 5.91 Å². The predicted molar refractivity (Wildman–Crippen MR) is 84.0 cm³/mol. The van der Waals surface area contributed by atoms with Crippen molar-refractivity contribution in [1.82, 2.24) is 0 Å². The summed E-state index contributed by atoms with van der Waals surface area (Å²) < 4.78 is 0. The van der Waals surface area contributed by atoms with Crippen molar-refractivity contribution in [1.29, 1.82) is 0 Å². The molecule has 0 saturated heterocycles. The molecule has 0 aliphatic rings. The summed E-state index contributed by atoms with van der Waals surface area (Å²) >= 11 is 5.71. The van der Waals surface area contributed by atoms with E-state index in [1.165, 1.54) is 11.1 Å². The molecule has 0 aromatic heterocycles. The average molecular weight is 289 g/mol. The molecule has 0 aliphatic carbocycles. The molecule has 1 unspecified atom stereocenters. The second kappa shape index (κ2) is 6.44. The van der Waals surface area contributed by atoms with Crippen molar-refractivity contribution in [3.05, 3.63) is 59.7 Å². The second-order valence-electron chi connectivity index (χ2n) is 4.72. The third-order valence-corrected chi connectivity index (χ3v) is 3.17. The van der Waals surface area contributed by atoms with Crippen molar-refractivity contribution in [2.24, 2.45) is 0 Å². The van der Waals surface area contributed by atoms with Crippen LogP contribution in [0.5, 0.6) is 0 Å². The van der Waals surface area contributed by atoms with Gasteiger partial charge >= 0.3 is 0 Å². The normalized spacial score (nSPS) is 11.9. The van der Waals surface area contributed by atoms with Crippen LogP contribution in [-0.2, 0) is 11.2 Å². The lowest BCUT2D eigenvalue weighted by molar-refractivity contribution is -0.115. The summed E-state index contributed by atoms with van der Waals surface area (Å²) in [6, 6.07) is 15.6. The highest BCUT2D eigenvalue weighted by Crippen LogP contribution is 2.15. The molecular formula is C16H17ClN2O. The molecule has 104 valence electrons. The summed E-state index contributed by atoms with van der Waals surface area (Å²) in [5.41, 5.74) is 9.55. The maximum absolute atomic E-state index is 11.5. The fourth-order valence-electron chi connectivity index (χ4n) is 1.82. The van der Waals surface area contributed by atoms with Crippen LogP contribution in [0.25, 0.3) is 0 Å². The van der Waals surface area contributed by atoms with Gasteiger partial charge in [0.1, 0.15) is 5.38 Å². The Morgan fingerprint density at radius 3 is 2.10 bits per heavy atom. The van der Waals surface area contributed by atoms with Gasteiger partial charge < -0.3 is 11.1 Å². The van der Waals surface area contributed by atoms with E-state index in [1.807, 2.05) is 48.5 Å². The maximum atomic E-state index is 11.5. The van der Waals surface area contributed by atoms with Gasteiger partial charge in [0.2, 0.25) is 5.91 Å². The van der Waals surface area contributed by atoms with Crippen LogP contribution in [0.3, 0.4) is 0 Å². The molecular weight excluding hydrogens is 272 g/mol. The Bertz CT molecular complexity index is 576. The maximum Gasteiger partial charge on any atom is 0.242 e. The lowest BCUT2D eigenvalue weighted by Gasteiger charge is -2.08. The van der Waals surface area contributed by atoms with Gasteiger partial charge in [-0.1, -0.05) is 24.3 Å². The van der Waals surface area contributed by atoms with Crippen LogP contribution in [0.4, 0.5) is 11.4 Å². The van der Waals surface area contributed by atoms with Crippen LogP contribution in [0, 0.1) is 0 Å². The zero-order chi connectivity index (χ0) is 14.5. The van der Waals surface area contributed by atoms with Gasteiger partial charge in [0.05, 0.1) is 0 Å². The highest BCUT2D eigenvalue weighted by Gasteiger charge is 2.08. The van der Waals surface area contributed by atoms with E-state index in [1.54, 1.807) is 6.92 Å². The number of benzene rings is 2. The van der Waals surface area contributed by atoms with Crippen LogP contribution in [0.1, 0.15) is 18.1 Å². The summed E-state index contributed by atoms with van der Waals surface area (Å²) in [5.74, 6) is -0.196. The van der Waals surface area contributed by atoms with Crippen molar-refractivity contribution < 1.29 is 4.79 Å². The SMILES string of the molecule is CC(Cl)C(=O)Nc1ccc(Cc2ccc(N)cc2)cc1. The number of nitrogens with two attached hydrogens (primary N) is 1. The fourth-order valence-corrected chi connectivity index (χ4v) is 1.87. The Morgan fingerprint density at radius 2 is 1.60 bits per heavy atom. The number of carbonyl (C=O) groups excluding carboxylic acids is 1. The third-order valence-electron chi connectivity index (χ3n) is 2.97. The van der Waals surface area contributed by atoms with Gasteiger partial charge in [-0.05, 0) is 48.7 Å². The standard InChI is InChI=1S/C16H17ClN2O/c1-11(17)16(20)19-15-8-4-13(5-9-15)10-12-2-6-14(18)7-3-12/h2-9,11H,10,18H2,1H3,(H,19,20). The zero-order valence-corrected chi connectivity index (χ0v) is 12.0. The quantitative estimate of drug-likeness (QED) is 0.669. The molecule has 1 amide bonds. The highest BCUT2D eigenvalue weighted by molar-refractivity contribution is 6.32. The Balaban J connectivity index is 2.01. The van der Waals surface area contributed by atoms with Crippen LogP contribution >= 0.6 is 11.6 Å². The van der Waals surface area contributed by atoms with Crippen LogP contribution in [-0.4, -0.2) is 11.3 Å². The minimum Gasteiger partial charge on any atom is -0.399 e. The highest BCUT2D eigenvalue weighted by atomic mass is 35.5. The van der Waals surface area contributed by atoms with Gasteiger partial charge in [-0.25, -0.2) is 0 Å². The number of nitrogens with one attached hydrogen (secondary N) is 1. The topological polar surface area (TPSA) is 55.1 Å². The van der Waals surface area contributed by atoms with E-state index in [4.69, 9.17) is 17.3 Å². The van der Waals surface area contributed by atoms with Crippen molar-refractivity contribution in [2.75, 3.05) is 11.1 Å². The van der Waals surface area contributed by atoms with Crippen molar-refractivity contribution in [3.8, 4) is 0 Å². The number of alkyl halides is 1. The Hall–Kier alpha value is -2.00. The van der Waals surface area contributed by atoms with Crippen molar-refractivity contribution in [3.63, 3.8) is 0 Å². The third kappa shape index (κ3) is 4.00. The predicted octanol–water partition coefficient (Wildman–Crippen LogP) is 3.43. The number of amides is 1. The Kier molecular flexibility index (Phi) is 4.64. The molecule has 0 aliphatic heterocycles. The van der Waals surface area contributed by atoms with Crippen LogP contribution in [0.15, 0.2) is 48.5 Å². The number of anilines is 2. The molecule has 0 heterocycles. The molecule has 0 radical (unpaired) electrons. The second-order valence-corrected chi connectivity index (χ2v) is 5.38. The number of halogens is 1. The number of hydrogen-bond acceptors (Lipinski definition) is 2. The number of rotatable bonds is 4. The number of carbonyl (C=O) groups is 1.